The molecular formula is C20H21F3N2O3S2. The lowest BCUT2D eigenvalue weighted by Crippen LogP contribution is -2.30. The zero-order chi connectivity index (χ0) is 21.9. The van der Waals surface area contributed by atoms with E-state index in [0.717, 1.165) is 11.6 Å². The average molecular weight is 459 g/mol. The summed E-state index contributed by atoms with van der Waals surface area (Å²) in [7, 11) is -2.51. The molecule has 0 spiro atoms. The van der Waals surface area contributed by atoms with E-state index in [9.17, 15) is 21.6 Å². The lowest BCUT2D eigenvalue weighted by molar-refractivity contribution is -0.171. The SMILES string of the molecule is COc1ccc(S(=O)(=O)NC(CCC(C)C(F)(F)F)c2nc3ccccc3s2)cc1. The van der Waals surface area contributed by atoms with E-state index in [1.807, 2.05) is 12.1 Å². The first-order chi connectivity index (χ1) is 14.1. The zero-order valence-corrected chi connectivity index (χ0v) is 17.9. The smallest absolute Gasteiger partial charge is 0.391 e. The molecular weight excluding hydrogens is 437 g/mol. The first-order valence-electron chi connectivity index (χ1n) is 9.18. The Kier molecular flexibility index (Phi) is 6.68. The molecule has 5 nitrogen and oxygen atoms in total. The minimum Gasteiger partial charge on any atom is -0.497 e. The standard InChI is InChI=1S/C20H21F3N2O3S2/c1-13(20(21,22)23)7-12-17(19-24-16-5-3-4-6-18(16)29-19)25-30(26,27)15-10-8-14(28-2)9-11-15/h3-6,8-11,13,17,25H,7,12H2,1-2H3. The summed E-state index contributed by atoms with van der Waals surface area (Å²) in [6, 6.07) is 12.1. The van der Waals surface area contributed by atoms with Gasteiger partial charge in [-0.2, -0.15) is 13.2 Å². The van der Waals surface area contributed by atoms with Gasteiger partial charge >= 0.3 is 6.18 Å². The average Bonchev–Trinajstić information content (AvgIpc) is 3.14. The molecule has 0 aliphatic heterocycles. The maximum atomic E-state index is 13.0. The van der Waals surface area contributed by atoms with Crippen LogP contribution in [-0.2, 0) is 10.0 Å². The maximum Gasteiger partial charge on any atom is 0.391 e. The molecule has 1 N–H and O–H groups in total. The first kappa shape index (κ1) is 22.5. The Hall–Kier alpha value is -2.17. The van der Waals surface area contributed by atoms with Gasteiger partial charge in [0.05, 0.1) is 34.2 Å². The van der Waals surface area contributed by atoms with Crippen molar-refractivity contribution in [2.75, 3.05) is 7.11 Å². The highest BCUT2D eigenvalue weighted by Crippen LogP contribution is 2.34. The number of alkyl halides is 3. The highest BCUT2D eigenvalue weighted by Gasteiger charge is 2.36. The molecule has 0 aliphatic carbocycles. The molecule has 2 atom stereocenters. The quantitative estimate of drug-likeness (QED) is 0.497. The fraction of sp³-hybridized carbons (Fsp3) is 0.350. The van der Waals surface area contributed by atoms with Crippen LogP contribution in [0.2, 0.25) is 0 Å². The topological polar surface area (TPSA) is 68.3 Å². The van der Waals surface area contributed by atoms with E-state index in [4.69, 9.17) is 4.74 Å². The van der Waals surface area contributed by atoms with E-state index >= 15 is 0 Å². The number of aromatic nitrogens is 1. The molecule has 0 saturated heterocycles. The largest absolute Gasteiger partial charge is 0.497 e. The molecule has 3 aromatic rings. The number of hydrogen-bond donors (Lipinski definition) is 1. The van der Waals surface area contributed by atoms with Crippen LogP contribution in [0.5, 0.6) is 5.75 Å². The summed E-state index contributed by atoms with van der Waals surface area (Å²) in [5, 5.41) is 0.433. The molecule has 3 rings (SSSR count). The second kappa shape index (κ2) is 8.91. The second-order valence-corrected chi connectivity index (χ2v) is 9.67. The number of para-hydroxylation sites is 1. The maximum absolute atomic E-state index is 13.0. The van der Waals surface area contributed by atoms with E-state index in [-0.39, 0.29) is 17.7 Å². The summed E-state index contributed by atoms with van der Waals surface area (Å²) in [5.41, 5.74) is 0.676. The molecule has 162 valence electrons. The molecule has 2 aromatic carbocycles. The third-order valence-electron chi connectivity index (χ3n) is 4.72. The normalized spacial score (nSPS) is 14.6. The van der Waals surface area contributed by atoms with Gasteiger partial charge < -0.3 is 4.74 Å². The molecule has 0 saturated carbocycles. The number of methoxy groups -OCH3 is 1. The first-order valence-corrected chi connectivity index (χ1v) is 11.5. The van der Waals surface area contributed by atoms with Crippen LogP contribution in [0.25, 0.3) is 10.2 Å². The minimum atomic E-state index is -4.34. The minimum absolute atomic E-state index is 0.00159. The number of nitrogens with one attached hydrogen (secondary N) is 1. The van der Waals surface area contributed by atoms with Crippen LogP contribution in [0.1, 0.15) is 30.8 Å². The van der Waals surface area contributed by atoms with Crippen molar-refractivity contribution in [2.24, 2.45) is 5.92 Å². The molecule has 0 aliphatic rings. The van der Waals surface area contributed by atoms with Crippen molar-refractivity contribution in [1.29, 1.82) is 0 Å². The van der Waals surface area contributed by atoms with E-state index in [0.29, 0.717) is 16.3 Å². The molecule has 0 amide bonds. The number of fused-ring (bicyclic) bond motifs is 1. The van der Waals surface area contributed by atoms with E-state index < -0.39 is 28.2 Å². The summed E-state index contributed by atoms with van der Waals surface area (Å²) < 4.78 is 73.1. The number of halogens is 3. The van der Waals surface area contributed by atoms with Gasteiger partial charge in [-0.25, -0.2) is 18.1 Å². The van der Waals surface area contributed by atoms with Crippen LogP contribution in [0.3, 0.4) is 0 Å². The Morgan fingerprint density at radius 3 is 2.37 bits per heavy atom. The summed E-state index contributed by atoms with van der Waals surface area (Å²) >= 11 is 1.27. The molecule has 0 radical (unpaired) electrons. The van der Waals surface area contributed by atoms with Crippen molar-refractivity contribution in [2.45, 2.75) is 36.9 Å². The van der Waals surface area contributed by atoms with Gasteiger partial charge in [0, 0.05) is 0 Å². The molecule has 2 unspecified atom stereocenters. The highest BCUT2D eigenvalue weighted by molar-refractivity contribution is 7.89. The van der Waals surface area contributed by atoms with Crippen LogP contribution >= 0.6 is 11.3 Å². The Labute approximate surface area is 177 Å². The lowest BCUT2D eigenvalue weighted by atomic mass is 10.0. The number of nitrogens with zero attached hydrogens (tertiary/aromatic N) is 1. The van der Waals surface area contributed by atoms with Gasteiger partial charge in [-0.15, -0.1) is 11.3 Å². The van der Waals surface area contributed by atoms with E-state index in [1.165, 1.54) is 42.7 Å². The number of rotatable bonds is 8. The third-order valence-corrected chi connectivity index (χ3v) is 7.36. The predicted octanol–water partition coefficient (Wildman–Crippen LogP) is 5.30. The summed E-state index contributed by atoms with van der Waals surface area (Å²) in [5.74, 6) is -1.06. The fourth-order valence-electron chi connectivity index (χ4n) is 2.86. The van der Waals surface area contributed by atoms with Gasteiger partial charge in [-0.05, 0) is 49.2 Å². The molecule has 10 heteroatoms. The van der Waals surface area contributed by atoms with Crippen LogP contribution in [-0.4, -0.2) is 26.7 Å². The predicted molar refractivity (Wildman–Crippen MR) is 110 cm³/mol. The molecule has 30 heavy (non-hydrogen) atoms. The zero-order valence-electron chi connectivity index (χ0n) is 16.3. The van der Waals surface area contributed by atoms with Crippen LogP contribution in [0.4, 0.5) is 13.2 Å². The Morgan fingerprint density at radius 2 is 1.77 bits per heavy atom. The molecule has 0 bridgehead atoms. The van der Waals surface area contributed by atoms with Crippen molar-refractivity contribution >= 4 is 31.6 Å². The Bertz CT molecular complexity index is 1060. The number of thiazole rings is 1. The number of benzene rings is 2. The van der Waals surface area contributed by atoms with Gasteiger partial charge in [0.2, 0.25) is 10.0 Å². The van der Waals surface area contributed by atoms with Crippen molar-refractivity contribution in [3.63, 3.8) is 0 Å². The van der Waals surface area contributed by atoms with Crippen LogP contribution < -0.4 is 9.46 Å². The Morgan fingerprint density at radius 1 is 1.10 bits per heavy atom. The van der Waals surface area contributed by atoms with E-state index in [1.54, 1.807) is 12.1 Å². The van der Waals surface area contributed by atoms with Gasteiger partial charge in [-0.1, -0.05) is 19.1 Å². The fourth-order valence-corrected chi connectivity index (χ4v) is 5.22. The summed E-state index contributed by atoms with van der Waals surface area (Å²) in [4.78, 5) is 4.45. The lowest BCUT2D eigenvalue weighted by Gasteiger charge is -2.20. The second-order valence-electron chi connectivity index (χ2n) is 6.89. The van der Waals surface area contributed by atoms with Gasteiger partial charge in [0.25, 0.3) is 0 Å². The monoisotopic (exact) mass is 458 g/mol. The third kappa shape index (κ3) is 5.30. The van der Waals surface area contributed by atoms with Crippen molar-refractivity contribution in [3.05, 3.63) is 53.5 Å². The van der Waals surface area contributed by atoms with Crippen LogP contribution in [0, 0.1) is 5.92 Å². The summed E-state index contributed by atoms with van der Waals surface area (Å²) in [6.45, 7) is 1.09. The Balaban J connectivity index is 1.89. The van der Waals surface area contributed by atoms with Crippen molar-refractivity contribution < 1.29 is 26.3 Å². The summed E-state index contributed by atoms with van der Waals surface area (Å²) in [6.07, 6.45) is -4.60. The van der Waals surface area contributed by atoms with E-state index in [2.05, 4.69) is 9.71 Å². The van der Waals surface area contributed by atoms with Crippen molar-refractivity contribution in [3.8, 4) is 5.75 Å². The van der Waals surface area contributed by atoms with Gasteiger partial charge in [-0.3, -0.25) is 0 Å². The highest BCUT2D eigenvalue weighted by atomic mass is 32.2. The van der Waals surface area contributed by atoms with Gasteiger partial charge in [0.15, 0.2) is 0 Å². The molecule has 0 fully saturated rings. The molecule has 1 heterocycles. The number of sulfonamides is 1. The van der Waals surface area contributed by atoms with Crippen molar-refractivity contribution in [1.82, 2.24) is 9.71 Å². The molecule has 1 aromatic heterocycles. The van der Waals surface area contributed by atoms with Crippen LogP contribution in [0.15, 0.2) is 53.4 Å². The van der Waals surface area contributed by atoms with Gasteiger partial charge in [0.1, 0.15) is 10.8 Å². The number of ether oxygens (including phenoxy) is 1. The number of hydrogen-bond acceptors (Lipinski definition) is 5.